The van der Waals surface area contributed by atoms with Gasteiger partial charge in [-0.05, 0) is 37.1 Å². The summed E-state index contributed by atoms with van der Waals surface area (Å²) in [4.78, 5) is 17.0. The van der Waals surface area contributed by atoms with E-state index in [1.54, 1.807) is 0 Å². The first-order valence-corrected chi connectivity index (χ1v) is 7.49. The quantitative estimate of drug-likeness (QED) is 0.776. The van der Waals surface area contributed by atoms with E-state index < -0.39 is 0 Å². The SMILES string of the molecule is O=C(c1cccc(CCl)c1)N1CCN2CCCC2C1. The Bertz CT molecular complexity index is 477. The van der Waals surface area contributed by atoms with Crippen molar-refractivity contribution >= 4 is 17.5 Å². The Morgan fingerprint density at radius 1 is 1.32 bits per heavy atom. The zero-order valence-electron chi connectivity index (χ0n) is 11.0. The van der Waals surface area contributed by atoms with Gasteiger partial charge < -0.3 is 4.90 Å². The molecule has 0 spiro atoms. The number of nitrogens with zero attached hydrogens (tertiary/aromatic N) is 2. The normalized spacial score (nSPS) is 23.4. The fourth-order valence-corrected chi connectivity index (χ4v) is 3.31. The van der Waals surface area contributed by atoms with Crippen molar-refractivity contribution in [2.45, 2.75) is 24.8 Å². The Labute approximate surface area is 119 Å². The van der Waals surface area contributed by atoms with Gasteiger partial charge in [0.15, 0.2) is 0 Å². The van der Waals surface area contributed by atoms with Crippen LogP contribution in [0, 0.1) is 0 Å². The average molecular weight is 279 g/mol. The molecule has 2 aliphatic rings. The average Bonchev–Trinajstić information content (AvgIpc) is 2.94. The lowest BCUT2D eigenvalue weighted by molar-refractivity contribution is 0.0571. The van der Waals surface area contributed by atoms with Gasteiger partial charge in [0.25, 0.3) is 5.91 Å². The Morgan fingerprint density at radius 2 is 2.21 bits per heavy atom. The number of rotatable bonds is 2. The van der Waals surface area contributed by atoms with Crippen molar-refractivity contribution in [2.24, 2.45) is 0 Å². The minimum Gasteiger partial charge on any atom is -0.336 e. The van der Waals surface area contributed by atoms with Gasteiger partial charge in [-0.2, -0.15) is 0 Å². The van der Waals surface area contributed by atoms with E-state index in [9.17, 15) is 4.79 Å². The molecule has 1 aromatic carbocycles. The zero-order chi connectivity index (χ0) is 13.2. The van der Waals surface area contributed by atoms with E-state index in [0.717, 1.165) is 30.8 Å². The van der Waals surface area contributed by atoms with Gasteiger partial charge in [-0.3, -0.25) is 9.69 Å². The molecule has 3 nitrogen and oxygen atoms in total. The van der Waals surface area contributed by atoms with Gasteiger partial charge in [-0.15, -0.1) is 11.6 Å². The molecule has 2 heterocycles. The smallest absolute Gasteiger partial charge is 0.253 e. The largest absolute Gasteiger partial charge is 0.336 e. The molecule has 2 fully saturated rings. The summed E-state index contributed by atoms with van der Waals surface area (Å²) in [5.41, 5.74) is 1.77. The summed E-state index contributed by atoms with van der Waals surface area (Å²) in [6, 6.07) is 8.25. The molecule has 0 bridgehead atoms. The molecular weight excluding hydrogens is 260 g/mol. The number of benzene rings is 1. The second kappa shape index (κ2) is 5.51. The number of hydrogen-bond acceptors (Lipinski definition) is 2. The third-order valence-electron chi connectivity index (χ3n) is 4.20. The van der Waals surface area contributed by atoms with E-state index in [1.807, 2.05) is 29.2 Å². The maximum absolute atomic E-state index is 12.5. The fourth-order valence-electron chi connectivity index (χ4n) is 3.15. The molecule has 2 aliphatic heterocycles. The van der Waals surface area contributed by atoms with E-state index in [-0.39, 0.29) is 5.91 Å². The molecular formula is C15H19ClN2O. The Balaban J connectivity index is 1.72. The number of amides is 1. The summed E-state index contributed by atoms with van der Waals surface area (Å²) < 4.78 is 0. The monoisotopic (exact) mass is 278 g/mol. The number of fused-ring (bicyclic) bond motifs is 1. The van der Waals surface area contributed by atoms with Crippen LogP contribution in [0.5, 0.6) is 0 Å². The van der Waals surface area contributed by atoms with E-state index in [4.69, 9.17) is 11.6 Å². The maximum Gasteiger partial charge on any atom is 0.253 e. The minimum atomic E-state index is 0.151. The molecule has 0 aromatic heterocycles. The predicted molar refractivity (Wildman–Crippen MR) is 76.5 cm³/mol. The molecule has 0 saturated carbocycles. The number of carbonyl (C=O) groups is 1. The summed E-state index contributed by atoms with van der Waals surface area (Å²) >= 11 is 5.83. The highest BCUT2D eigenvalue weighted by molar-refractivity contribution is 6.17. The van der Waals surface area contributed by atoms with Crippen molar-refractivity contribution in [2.75, 3.05) is 26.2 Å². The lowest BCUT2D eigenvalue weighted by Gasteiger charge is -2.37. The van der Waals surface area contributed by atoms with E-state index in [2.05, 4.69) is 4.90 Å². The van der Waals surface area contributed by atoms with Crippen molar-refractivity contribution in [3.05, 3.63) is 35.4 Å². The first kappa shape index (κ1) is 12.9. The maximum atomic E-state index is 12.5. The van der Waals surface area contributed by atoms with Crippen molar-refractivity contribution in [3.8, 4) is 0 Å². The summed E-state index contributed by atoms with van der Waals surface area (Å²) in [5, 5.41) is 0. The Kier molecular flexibility index (Phi) is 3.76. The van der Waals surface area contributed by atoms with Crippen molar-refractivity contribution < 1.29 is 4.79 Å². The lowest BCUT2D eigenvalue weighted by atomic mass is 10.1. The summed E-state index contributed by atoms with van der Waals surface area (Å²) in [7, 11) is 0. The second-order valence-corrected chi connectivity index (χ2v) is 5.68. The summed E-state index contributed by atoms with van der Waals surface area (Å²) in [6.45, 7) is 3.95. The van der Waals surface area contributed by atoms with E-state index >= 15 is 0 Å². The highest BCUT2D eigenvalue weighted by atomic mass is 35.5. The van der Waals surface area contributed by atoms with Gasteiger partial charge >= 0.3 is 0 Å². The van der Waals surface area contributed by atoms with Crippen molar-refractivity contribution in [1.82, 2.24) is 9.80 Å². The summed E-state index contributed by atoms with van der Waals surface area (Å²) in [5.74, 6) is 0.607. The standard InChI is InChI=1S/C15H19ClN2O/c16-10-12-3-1-4-13(9-12)15(19)18-8-7-17-6-2-5-14(17)11-18/h1,3-4,9,14H,2,5-8,10-11H2. The number of halogens is 1. The highest BCUT2D eigenvalue weighted by Gasteiger charge is 2.32. The van der Waals surface area contributed by atoms with Gasteiger partial charge in [0.1, 0.15) is 0 Å². The van der Waals surface area contributed by atoms with Crippen LogP contribution in [0.2, 0.25) is 0 Å². The van der Waals surface area contributed by atoms with Crippen molar-refractivity contribution in [1.29, 1.82) is 0 Å². The Hall–Kier alpha value is -1.06. The molecule has 0 N–H and O–H groups in total. The number of hydrogen-bond donors (Lipinski definition) is 0. The molecule has 0 radical (unpaired) electrons. The van der Waals surface area contributed by atoms with Gasteiger partial charge in [0.05, 0.1) is 0 Å². The Morgan fingerprint density at radius 3 is 3.05 bits per heavy atom. The van der Waals surface area contributed by atoms with Gasteiger partial charge in [-0.1, -0.05) is 12.1 Å². The molecule has 4 heteroatoms. The van der Waals surface area contributed by atoms with Crippen LogP contribution in [-0.4, -0.2) is 47.9 Å². The minimum absolute atomic E-state index is 0.151. The molecule has 102 valence electrons. The van der Waals surface area contributed by atoms with Crippen LogP contribution in [0.4, 0.5) is 0 Å². The van der Waals surface area contributed by atoms with Crippen LogP contribution < -0.4 is 0 Å². The molecule has 19 heavy (non-hydrogen) atoms. The predicted octanol–water partition coefficient (Wildman–Crippen LogP) is 2.35. The van der Waals surface area contributed by atoms with Crippen LogP contribution in [0.25, 0.3) is 0 Å². The first-order chi connectivity index (χ1) is 9.28. The van der Waals surface area contributed by atoms with Crippen molar-refractivity contribution in [3.63, 3.8) is 0 Å². The molecule has 0 aliphatic carbocycles. The van der Waals surface area contributed by atoms with E-state index in [0.29, 0.717) is 11.9 Å². The van der Waals surface area contributed by atoms with Crippen LogP contribution in [0.15, 0.2) is 24.3 Å². The molecule has 3 rings (SSSR count). The topological polar surface area (TPSA) is 23.6 Å². The fraction of sp³-hybridized carbons (Fsp3) is 0.533. The van der Waals surface area contributed by atoms with Crippen LogP contribution >= 0.6 is 11.6 Å². The second-order valence-electron chi connectivity index (χ2n) is 5.42. The third-order valence-corrected chi connectivity index (χ3v) is 4.51. The zero-order valence-corrected chi connectivity index (χ0v) is 11.8. The van der Waals surface area contributed by atoms with Gasteiger partial charge in [-0.25, -0.2) is 0 Å². The molecule has 2 saturated heterocycles. The molecule has 1 atom stereocenters. The molecule has 1 unspecified atom stereocenters. The van der Waals surface area contributed by atoms with Gasteiger partial charge in [0, 0.05) is 37.1 Å². The van der Waals surface area contributed by atoms with Crippen LogP contribution in [0.1, 0.15) is 28.8 Å². The first-order valence-electron chi connectivity index (χ1n) is 6.96. The highest BCUT2D eigenvalue weighted by Crippen LogP contribution is 2.22. The number of piperazine rings is 1. The number of carbonyl (C=O) groups excluding carboxylic acids is 1. The summed E-state index contributed by atoms with van der Waals surface area (Å²) in [6.07, 6.45) is 2.50. The number of alkyl halides is 1. The van der Waals surface area contributed by atoms with Crippen LogP contribution in [-0.2, 0) is 5.88 Å². The lowest BCUT2D eigenvalue weighted by Crippen LogP contribution is -2.52. The van der Waals surface area contributed by atoms with E-state index in [1.165, 1.54) is 19.4 Å². The molecule has 1 aromatic rings. The van der Waals surface area contributed by atoms with Crippen LogP contribution in [0.3, 0.4) is 0 Å². The third kappa shape index (κ3) is 2.63. The van der Waals surface area contributed by atoms with Gasteiger partial charge in [0.2, 0.25) is 0 Å². The molecule has 1 amide bonds.